The van der Waals surface area contributed by atoms with Gasteiger partial charge in [-0.3, -0.25) is 10.1 Å². The van der Waals surface area contributed by atoms with E-state index in [1.54, 1.807) is 0 Å². The Kier molecular flexibility index (Phi) is 4.04. The van der Waals surface area contributed by atoms with Crippen molar-refractivity contribution in [1.82, 2.24) is 0 Å². The lowest BCUT2D eigenvalue weighted by Gasteiger charge is -2.09. The van der Waals surface area contributed by atoms with Gasteiger partial charge in [-0.1, -0.05) is 17.7 Å². The Balaban J connectivity index is 2.51. The van der Waals surface area contributed by atoms with Crippen LogP contribution in [-0.4, -0.2) is 16.0 Å². The molecule has 6 nitrogen and oxygen atoms in total. The maximum atomic E-state index is 13.5. The highest BCUT2D eigenvalue weighted by atomic mass is 35.5. The van der Waals surface area contributed by atoms with E-state index in [0.29, 0.717) is 0 Å². The van der Waals surface area contributed by atoms with Gasteiger partial charge in [-0.15, -0.1) is 0 Å². The van der Waals surface area contributed by atoms with Gasteiger partial charge in [0.2, 0.25) is 11.6 Å². The average molecular weight is 312 g/mol. The molecule has 8 heteroatoms. The van der Waals surface area contributed by atoms with Gasteiger partial charge in [-0.2, -0.15) is 4.39 Å². The third kappa shape index (κ3) is 3.09. The maximum Gasteiger partial charge on any atom is 0.346 e. The molecule has 0 heterocycles. The Bertz CT molecular complexity index is 734. The topological polar surface area (TPSA) is 89.7 Å². The number of halogens is 2. The summed E-state index contributed by atoms with van der Waals surface area (Å²) in [6, 6.07) is 7.01. The third-order valence-electron chi connectivity index (χ3n) is 2.52. The zero-order chi connectivity index (χ0) is 15.6. The van der Waals surface area contributed by atoms with Gasteiger partial charge in [0.1, 0.15) is 11.3 Å². The molecule has 1 N–H and O–H groups in total. The third-order valence-corrected chi connectivity index (χ3v) is 2.76. The number of aromatic carboxylic acids is 1. The minimum atomic E-state index is -1.33. The zero-order valence-corrected chi connectivity index (χ0v) is 11.0. The molecule has 0 saturated heterocycles. The molecule has 108 valence electrons. The fraction of sp³-hybridized carbons (Fsp3) is 0. The van der Waals surface area contributed by atoms with Gasteiger partial charge >= 0.3 is 11.7 Å². The number of hydrogen-bond donors (Lipinski definition) is 1. The molecule has 0 amide bonds. The predicted octanol–water partition coefficient (Wildman–Crippen LogP) is 3.88. The van der Waals surface area contributed by atoms with Gasteiger partial charge in [0, 0.05) is 5.02 Å². The van der Waals surface area contributed by atoms with Crippen LogP contribution < -0.4 is 4.74 Å². The highest BCUT2D eigenvalue weighted by Crippen LogP contribution is 2.35. The first-order valence-corrected chi connectivity index (χ1v) is 5.91. The number of nitro benzene ring substituents is 1. The second-order valence-corrected chi connectivity index (χ2v) is 4.33. The lowest BCUT2D eigenvalue weighted by Crippen LogP contribution is -2.02. The van der Waals surface area contributed by atoms with Crippen molar-refractivity contribution >= 4 is 23.3 Å². The van der Waals surface area contributed by atoms with Crippen molar-refractivity contribution < 1.29 is 24.0 Å². The van der Waals surface area contributed by atoms with E-state index in [4.69, 9.17) is 21.4 Å². The van der Waals surface area contributed by atoms with E-state index in [1.165, 1.54) is 24.3 Å². The molecule has 0 unspecified atom stereocenters. The van der Waals surface area contributed by atoms with Gasteiger partial charge < -0.3 is 9.84 Å². The number of carbonyl (C=O) groups is 1. The molecule has 2 rings (SSSR count). The Morgan fingerprint density at radius 2 is 2.00 bits per heavy atom. The Labute approximate surface area is 122 Å². The second kappa shape index (κ2) is 5.76. The number of carboxylic acids is 1. The molecular weight excluding hydrogens is 305 g/mol. The average Bonchev–Trinajstić information content (AvgIpc) is 2.40. The van der Waals surface area contributed by atoms with Crippen LogP contribution in [0.15, 0.2) is 36.4 Å². The van der Waals surface area contributed by atoms with Gasteiger partial charge in [0.25, 0.3) is 0 Å². The molecule has 0 fully saturated rings. The van der Waals surface area contributed by atoms with Crippen molar-refractivity contribution in [3.63, 3.8) is 0 Å². The van der Waals surface area contributed by atoms with E-state index < -0.39 is 28.1 Å². The molecular formula is C13H7ClFNO5. The first-order valence-electron chi connectivity index (χ1n) is 5.53. The van der Waals surface area contributed by atoms with Crippen molar-refractivity contribution in [1.29, 1.82) is 0 Å². The van der Waals surface area contributed by atoms with Crippen LogP contribution in [0.25, 0.3) is 0 Å². The number of nitro groups is 1. The summed E-state index contributed by atoms with van der Waals surface area (Å²) in [5.41, 5.74) is -1.16. The number of rotatable bonds is 4. The van der Waals surface area contributed by atoms with Crippen LogP contribution in [0.1, 0.15) is 10.4 Å². The van der Waals surface area contributed by atoms with Crippen molar-refractivity contribution in [2.75, 3.05) is 0 Å². The number of benzene rings is 2. The first-order chi connectivity index (χ1) is 9.90. The smallest absolute Gasteiger partial charge is 0.346 e. The lowest BCUT2D eigenvalue weighted by atomic mass is 10.2. The summed E-state index contributed by atoms with van der Waals surface area (Å²) in [5, 5.41) is 20.1. The van der Waals surface area contributed by atoms with E-state index in [1.807, 2.05) is 0 Å². The minimum absolute atomic E-state index is 0.161. The predicted molar refractivity (Wildman–Crippen MR) is 71.5 cm³/mol. The quantitative estimate of drug-likeness (QED) is 0.683. The van der Waals surface area contributed by atoms with Crippen LogP contribution in [-0.2, 0) is 0 Å². The first kappa shape index (κ1) is 14.7. The zero-order valence-electron chi connectivity index (χ0n) is 10.2. The highest BCUT2D eigenvalue weighted by molar-refractivity contribution is 6.31. The Morgan fingerprint density at radius 1 is 1.29 bits per heavy atom. The maximum absolute atomic E-state index is 13.5. The summed E-state index contributed by atoms with van der Waals surface area (Å²) in [6.07, 6.45) is 0. The summed E-state index contributed by atoms with van der Waals surface area (Å²) < 4.78 is 18.6. The van der Waals surface area contributed by atoms with Gasteiger partial charge in [0.05, 0.1) is 4.92 Å². The molecule has 2 aromatic rings. The van der Waals surface area contributed by atoms with Crippen LogP contribution in [0, 0.1) is 15.9 Å². The van der Waals surface area contributed by atoms with Crippen LogP contribution >= 0.6 is 11.6 Å². The summed E-state index contributed by atoms with van der Waals surface area (Å²) in [7, 11) is 0. The van der Waals surface area contributed by atoms with E-state index in [0.717, 1.165) is 12.1 Å². The van der Waals surface area contributed by atoms with Crippen molar-refractivity contribution in [3.05, 3.63) is 62.9 Å². The standard InChI is InChI=1S/C13H7ClFNO5/c14-7-4-5-10(8(6-7)13(17)18)21-11-3-1-2-9(15)12(11)16(19)20/h1-6H,(H,17,18). The summed E-state index contributed by atoms with van der Waals surface area (Å²) in [4.78, 5) is 21.0. The molecule has 2 aromatic carbocycles. The van der Waals surface area contributed by atoms with Crippen LogP contribution in [0.3, 0.4) is 0 Å². The summed E-state index contributed by atoms with van der Waals surface area (Å²) >= 11 is 5.68. The van der Waals surface area contributed by atoms with Crippen LogP contribution in [0.2, 0.25) is 5.02 Å². The monoisotopic (exact) mass is 311 g/mol. The van der Waals surface area contributed by atoms with Crippen molar-refractivity contribution in [2.24, 2.45) is 0 Å². The lowest BCUT2D eigenvalue weighted by molar-refractivity contribution is -0.388. The number of para-hydroxylation sites is 1. The summed E-state index contributed by atoms with van der Waals surface area (Å²) in [6.45, 7) is 0. The Morgan fingerprint density at radius 3 is 2.62 bits per heavy atom. The fourth-order valence-corrected chi connectivity index (χ4v) is 1.80. The second-order valence-electron chi connectivity index (χ2n) is 3.89. The van der Waals surface area contributed by atoms with E-state index >= 15 is 0 Å². The van der Waals surface area contributed by atoms with Gasteiger partial charge in [-0.05, 0) is 30.3 Å². The van der Waals surface area contributed by atoms with Gasteiger partial charge in [-0.25, -0.2) is 4.79 Å². The molecule has 0 spiro atoms. The van der Waals surface area contributed by atoms with Crippen LogP contribution in [0.4, 0.5) is 10.1 Å². The number of carboxylic acid groups (broad SMARTS) is 1. The minimum Gasteiger partial charge on any atom is -0.478 e. The molecule has 0 saturated carbocycles. The largest absolute Gasteiger partial charge is 0.478 e. The normalized spacial score (nSPS) is 10.2. The molecule has 21 heavy (non-hydrogen) atoms. The molecule has 0 atom stereocenters. The summed E-state index contributed by atoms with van der Waals surface area (Å²) in [5.74, 6) is -2.99. The highest BCUT2D eigenvalue weighted by Gasteiger charge is 2.23. The molecule has 0 aromatic heterocycles. The molecule has 0 bridgehead atoms. The number of nitrogens with zero attached hydrogens (tertiary/aromatic N) is 1. The van der Waals surface area contributed by atoms with Crippen LogP contribution in [0.5, 0.6) is 11.5 Å². The molecule has 0 aliphatic carbocycles. The fourth-order valence-electron chi connectivity index (χ4n) is 1.63. The SMILES string of the molecule is O=C(O)c1cc(Cl)ccc1Oc1cccc(F)c1[N+](=O)[O-]. The van der Waals surface area contributed by atoms with Crippen molar-refractivity contribution in [2.45, 2.75) is 0 Å². The molecule has 0 aliphatic heterocycles. The number of hydrogen-bond acceptors (Lipinski definition) is 4. The van der Waals surface area contributed by atoms with E-state index in [2.05, 4.69) is 0 Å². The Hall–Kier alpha value is -2.67. The van der Waals surface area contributed by atoms with Gasteiger partial charge in [0.15, 0.2) is 0 Å². The molecule has 0 radical (unpaired) electrons. The van der Waals surface area contributed by atoms with E-state index in [9.17, 15) is 19.3 Å². The van der Waals surface area contributed by atoms with E-state index in [-0.39, 0.29) is 16.3 Å². The van der Waals surface area contributed by atoms with Crippen molar-refractivity contribution in [3.8, 4) is 11.5 Å². The number of ether oxygens (including phenoxy) is 1. The molecule has 0 aliphatic rings.